The molecule has 30 heteroatoms. The summed E-state index contributed by atoms with van der Waals surface area (Å²) < 4.78 is 0. The van der Waals surface area contributed by atoms with E-state index in [-0.39, 0.29) is 40.4 Å². The van der Waals surface area contributed by atoms with E-state index >= 15 is 0 Å². The van der Waals surface area contributed by atoms with Crippen molar-refractivity contribution < 1.29 is 36.0 Å². The Kier molecular flexibility index (Phi) is 24.4. The molecule has 0 radical (unpaired) electrons. The summed E-state index contributed by atoms with van der Waals surface area (Å²) >= 11 is 10.7. The Morgan fingerprint density at radius 2 is 1.07 bits per heavy atom. The monoisotopic (exact) mass is 1550 g/mol. The highest BCUT2D eigenvalue weighted by Crippen LogP contribution is 2.46. The molecule has 26 nitrogen and oxygen atoms in total. The van der Waals surface area contributed by atoms with Crippen LogP contribution >= 0.6 is 46.9 Å². The summed E-state index contributed by atoms with van der Waals surface area (Å²) in [5.74, 6) is 5.80. The number of carbonyl (C=O) groups is 3. The quantitative estimate of drug-likeness (QED) is 0.0152. The number of H-pyrrole nitrogens is 2. The summed E-state index contributed by atoms with van der Waals surface area (Å²) in [6.45, 7) is 19.8. The van der Waals surface area contributed by atoms with Crippen molar-refractivity contribution in [3.05, 3.63) is 185 Å². The number of aryl methyl sites for hydroxylation is 2. The number of halogens is 1. The smallest absolute Gasteiger partial charge is 0.257 e. The van der Waals surface area contributed by atoms with E-state index in [0.29, 0.717) is 111 Å². The molecule has 8 heterocycles. The summed E-state index contributed by atoms with van der Waals surface area (Å²) in [5.41, 5.74) is 17.5. The molecule has 0 spiro atoms. The van der Waals surface area contributed by atoms with Crippen LogP contribution in [0, 0.1) is 25.2 Å². The number of β-amino-alcohol motifs (C(OH)–C–C–N with tert-alkyl or cyclic N) is 2. The van der Waals surface area contributed by atoms with E-state index in [1.165, 1.54) is 35.3 Å². The third kappa shape index (κ3) is 21.4. The molecule has 5 aromatic heterocycles. The zero-order chi connectivity index (χ0) is 76.3. The van der Waals surface area contributed by atoms with Crippen molar-refractivity contribution in [3.63, 3.8) is 0 Å². The number of aromatic amines is 2. The molecule has 14 rings (SSSR count). The van der Waals surface area contributed by atoms with E-state index in [4.69, 9.17) is 38.0 Å². The molecule has 0 atom stereocenters. The number of hydrogen-bond acceptors (Lipinski definition) is 23. The Hall–Kier alpha value is -10.6. The molecule has 576 valence electrons. The third-order valence-corrected chi connectivity index (χ3v) is 20.4. The zero-order valence-electron chi connectivity index (χ0n) is 61.3. The maximum Gasteiger partial charge on any atom is 0.257 e. The SMILES string of the molecule is CC(N)=CC(N)=Nc1cc(N2CCC2)nc(Sc2ccc(NC(=O)c3ccc(-c4ccccc4)cc3Cl)cc2)n1.CCC(=O)Nc1ccc(Sc2nc(Nc3cc(C)[nH]n3)cc(N3CC(O)(C4CC4)C3)n2)cc1.CCC(=O)Nc1ccc(Sc2nc(Nc3cc(C)[nH]n3)cc(N3CC(O)(CC(C)(C)C)C3)n2)cc1.[HH].[HH].[HH].[HH].[HH].[HH].[HH].[HH]. The van der Waals surface area contributed by atoms with Gasteiger partial charge in [-0.15, -0.1) is 0 Å². The predicted octanol–water partition coefficient (Wildman–Crippen LogP) is 16.7. The minimum absolute atomic E-state index is 0. The van der Waals surface area contributed by atoms with Crippen LogP contribution in [0.5, 0.6) is 0 Å². The number of carbonyl (C=O) groups excluding carboxylic acids is 3. The maximum absolute atomic E-state index is 12.9. The van der Waals surface area contributed by atoms with Gasteiger partial charge in [-0.2, -0.15) is 10.2 Å². The molecule has 3 aliphatic heterocycles. The molecule has 1 saturated carbocycles. The lowest BCUT2D eigenvalue weighted by atomic mass is 9.78. The van der Waals surface area contributed by atoms with Crippen LogP contribution in [-0.4, -0.2) is 135 Å². The van der Waals surface area contributed by atoms with Gasteiger partial charge in [0.15, 0.2) is 32.9 Å². The number of hydrogen-bond donors (Lipinski definition) is 11. The van der Waals surface area contributed by atoms with Gasteiger partial charge in [0.25, 0.3) is 5.91 Å². The van der Waals surface area contributed by atoms with Gasteiger partial charge in [0.2, 0.25) is 11.8 Å². The van der Waals surface area contributed by atoms with Crippen LogP contribution in [0.3, 0.4) is 0 Å². The van der Waals surface area contributed by atoms with Crippen LogP contribution in [0.2, 0.25) is 5.02 Å². The highest BCUT2D eigenvalue weighted by atomic mass is 35.5. The summed E-state index contributed by atoms with van der Waals surface area (Å²) in [6, 6.07) is 47.4. The Balaban J connectivity index is 0.000000356. The summed E-state index contributed by atoms with van der Waals surface area (Å²) in [4.78, 5) is 77.9. The van der Waals surface area contributed by atoms with Crippen molar-refractivity contribution >= 4 is 134 Å². The molecule has 4 fully saturated rings. The Morgan fingerprint density at radius 1 is 0.602 bits per heavy atom. The van der Waals surface area contributed by atoms with Crippen molar-refractivity contribution in [1.82, 2.24) is 50.3 Å². The number of aliphatic hydroxyl groups is 2. The normalized spacial score (nSPS) is 15.0. The minimum Gasteiger partial charge on any atom is -0.402 e. The topological polar surface area (TPSA) is 361 Å². The molecule has 4 aliphatic rings. The maximum atomic E-state index is 12.9. The summed E-state index contributed by atoms with van der Waals surface area (Å²) in [7, 11) is 0. The van der Waals surface area contributed by atoms with E-state index < -0.39 is 11.2 Å². The first-order chi connectivity index (χ1) is 51.7. The van der Waals surface area contributed by atoms with Gasteiger partial charge in [-0.05, 0) is 195 Å². The molecule has 3 saturated heterocycles. The Labute approximate surface area is 657 Å². The second-order valence-electron chi connectivity index (χ2n) is 28.3. The molecule has 108 heavy (non-hydrogen) atoms. The lowest BCUT2D eigenvalue weighted by molar-refractivity contribution is -0.116. The van der Waals surface area contributed by atoms with Gasteiger partial charge in [0, 0.05) is 130 Å². The summed E-state index contributed by atoms with van der Waals surface area (Å²) in [5, 5.41) is 53.2. The van der Waals surface area contributed by atoms with Gasteiger partial charge in [-0.1, -0.05) is 82.6 Å². The molecule has 13 N–H and O–H groups in total. The van der Waals surface area contributed by atoms with Gasteiger partial charge in [0.1, 0.15) is 46.1 Å². The summed E-state index contributed by atoms with van der Waals surface area (Å²) in [6.07, 6.45) is 6.53. The fraction of sp³-hybridized carbons (Fsp3) is 0.308. The second kappa shape index (κ2) is 34.1. The van der Waals surface area contributed by atoms with E-state index in [9.17, 15) is 24.6 Å². The Bertz CT molecular complexity index is 4920. The number of rotatable bonds is 24. The van der Waals surface area contributed by atoms with Gasteiger partial charge in [0.05, 0.1) is 23.7 Å². The molecule has 0 bridgehead atoms. The standard InChI is InChI=1S/C30H28ClN7OS.C25H33N7O2S.C23H27N7O2S.8H2/c1-19(32)16-26(33)35-27-18-28(38-14-5-15-38)37-30(36-27)40-23-11-9-22(10-12-23)34-29(39)24-13-8-21(17-25(24)31)20-6-3-2-4-7-20;1-6-22(33)26-17-7-9-18(10-8-17)35-23-28-19(27-20-11-16(2)30-31-20)12-21(29-23)32-14-25(34,15-32)13-24(3,4)5;1-3-21(31)24-16-6-8-17(9-7-16)33-22-26-18(25-19-10-14(2)28-29-19)11-20(27-22)30-12-23(32,13-30)15-4-5-15;;;;;;;;/h2-4,6-13,16-18H,5,14-15,32H2,1H3,(H,34,39)(H2,33,35,36,37);7-12,34H,6,13-15H2,1-5H3,(H,26,33)(H2,27,28,29,30,31);6-11,15,32H,3-5,12-13H2,1-2H3,(H,24,31)(H2,25,26,27,28,29);8*1H. The van der Waals surface area contributed by atoms with E-state index in [2.05, 4.69) is 102 Å². The van der Waals surface area contributed by atoms with Crippen molar-refractivity contribution in [2.75, 3.05) is 80.6 Å². The van der Waals surface area contributed by atoms with Crippen molar-refractivity contribution in [1.29, 1.82) is 0 Å². The first kappa shape index (κ1) is 77.1. The van der Waals surface area contributed by atoms with Gasteiger partial charge >= 0.3 is 0 Å². The first-order valence-corrected chi connectivity index (χ1v) is 38.4. The van der Waals surface area contributed by atoms with Crippen LogP contribution in [0.1, 0.15) is 113 Å². The number of nitrogens with two attached hydrogens (primary N) is 2. The molecular formula is C78H104ClN21O5S3. The molecule has 0 unspecified atom stereocenters. The fourth-order valence-corrected chi connectivity index (χ4v) is 14.7. The van der Waals surface area contributed by atoms with E-state index in [1.54, 1.807) is 25.1 Å². The highest BCUT2D eigenvalue weighted by molar-refractivity contribution is 7.99. The lowest BCUT2D eigenvalue weighted by Crippen LogP contribution is -2.63. The van der Waals surface area contributed by atoms with E-state index in [1.807, 2.05) is 167 Å². The number of aliphatic imine (C=N–C) groups is 1. The molecule has 3 amide bonds. The first-order valence-electron chi connectivity index (χ1n) is 35.6. The van der Waals surface area contributed by atoms with Crippen molar-refractivity contribution in [3.8, 4) is 11.1 Å². The number of nitrogens with one attached hydrogen (secondary N) is 7. The van der Waals surface area contributed by atoms with E-state index in [0.717, 1.165) is 105 Å². The molecule has 10 aromatic rings. The lowest BCUT2D eigenvalue weighted by Gasteiger charge is -2.49. The number of aromatic nitrogens is 10. The molecule has 5 aromatic carbocycles. The van der Waals surface area contributed by atoms with Crippen molar-refractivity contribution in [2.45, 2.75) is 135 Å². The zero-order valence-corrected chi connectivity index (χ0v) is 64.5. The number of amides is 3. The second-order valence-corrected chi connectivity index (χ2v) is 31.8. The third-order valence-electron chi connectivity index (χ3n) is 17.5. The van der Waals surface area contributed by atoms with Crippen LogP contribution in [0.4, 0.5) is 63.6 Å². The molecular weight excluding hydrogens is 1440 g/mol. The number of nitrogens with zero attached hydrogens (tertiary/aromatic N) is 12. The number of amidine groups is 1. The average molecular weight is 1550 g/mol. The van der Waals surface area contributed by atoms with Crippen molar-refractivity contribution in [2.24, 2.45) is 27.8 Å². The number of benzene rings is 5. The van der Waals surface area contributed by atoms with Crippen LogP contribution in [-0.2, 0) is 9.59 Å². The predicted molar refractivity (Wildman–Crippen MR) is 448 cm³/mol. The van der Waals surface area contributed by atoms with Gasteiger partial charge in [-0.3, -0.25) is 24.6 Å². The minimum atomic E-state index is -0.720. The largest absolute Gasteiger partial charge is 0.402 e. The fourth-order valence-electron chi connectivity index (χ4n) is 12.1. The molecule has 1 aliphatic carbocycles. The highest BCUT2D eigenvalue weighted by Gasteiger charge is 2.52. The van der Waals surface area contributed by atoms with Gasteiger partial charge in [-0.25, -0.2) is 34.9 Å². The Morgan fingerprint density at radius 3 is 1.50 bits per heavy atom. The number of anilines is 10. The average Bonchev–Trinajstić information content (AvgIpc) is 1.65. The van der Waals surface area contributed by atoms with Gasteiger partial charge < -0.3 is 63.0 Å². The van der Waals surface area contributed by atoms with Crippen LogP contribution in [0.25, 0.3) is 11.1 Å². The van der Waals surface area contributed by atoms with Crippen LogP contribution < -0.4 is 52.8 Å². The number of allylic oxidation sites excluding steroid dienone is 1. The van der Waals surface area contributed by atoms with Crippen LogP contribution in [0.15, 0.2) is 199 Å².